The van der Waals surface area contributed by atoms with E-state index in [0.29, 0.717) is 0 Å². The van der Waals surface area contributed by atoms with Gasteiger partial charge in [0.05, 0.1) is 0 Å². The molecule has 2 nitrogen and oxygen atoms in total. The molecule has 2 heteroatoms. The molecule has 0 bridgehead atoms. The van der Waals surface area contributed by atoms with E-state index >= 15 is 0 Å². The Morgan fingerprint density at radius 3 is 2.47 bits per heavy atom. The molecule has 0 spiro atoms. The second-order valence-electron chi connectivity index (χ2n) is 7.33. The van der Waals surface area contributed by atoms with E-state index in [4.69, 9.17) is 0 Å². The molecule has 1 saturated heterocycles. The standard InChI is InChI=1S/C17H36N2/c1-16-12-8-7-11-15-19(16)14-10-6-5-9-13-18-17(2,3)4/h16,18H,5-15H2,1-4H3. The zero-order valence-corrected chi connectivity index (χ0v) is 13.8. The molecular formula is C17H36N2. The van der Waals surface area contributed by atoms with Crippen LogP contribution in [-0.4, -0.2) is 36.1 Å². The first-order valence-electron chi connectivity index (χ1n) is 8.48. The van der Waals surface area contributed by atoms with Crippen LogP contribution in [0.4, 0.5) is 0 Å². The molecule has 1 unspecified atom stereocenters. The van der Waals surface area contributed by atoms with Crippen molar-refractivity contribution in [3.63, 3.8) is 0 Å². The van der Waals surface area contributed by atoms with Crippen molar-refractivity contribution in [2.24, 2.45) is 0 Å². The Labute approximate surface area is 121 Å². The minimum atomic E-state index is 0.279. The Kier molecular flexibility index (Phi) is 8.01. The van der Waals surface area contributed by atoms with Gasteiger partial charge in [-0.1, -0.05) is 25.7 Å². The highest BCUT2D eigenvalue weighted by atomic mass is 15.1. The lowest BCUT2D eigenvalue weighted by Gasteiger charge is -2.26. The maximum absolute atomic E-state index is 3.57. The van der Waals surface area contributed by atoms with E-state index < -0.39 is 0 Å². The lowest BCUT2D eigenvalue weighted by atomic mass is 10.1. The van der Waals surface area contributed by atoms with Gasteiger partial charge in [-0.2, -0.15) is 0 Å². The Morgan fingerprint density at radius 2 is 1.74 bits per heavy atom. The van der Waals surface area contributed by atoms with Crippen LogP contribution < -0.4 is 5.32 Å². The first-order chi connectivity index (χ1) is 8.99. The largest absolute Gasteiger partial charge is 0.312 e. The molecule has 0 aromatic heterocycles. The summed E-state index contributed by atoms with van der Waals surface area (Å²) >= 11 is 0. The van der Waals surface area contributed by atoms with Crippen molar-refractivity contribution in [3.05, 3.63) is 0 Å². The molecule has 1 heterocycles. The highest BCUT2D eigenvalue weighted by Crippen LogP contribution is 2.17. The SMILES string of the molecule is CC1CCCCCN1CCCCCCNC(C)(C)C. The summed E-state index contributed by atoms with van der Waals surface area (Å²) in [7, 11) is 0. The Bertz CT molecular complexity index is 220. The van der Waals surface area contributed by atoms with E-state index in [-0.39, 0.29) is 5.54 Å². The number of nitrogens with one attached hydrogen (secondary N) is 1. The molecule has 1 atom stereocenters. The van der Waals surface area contributed by atoms with Crippen LogP contribution in [0.3, 0.4) is 0 Å². The van der Waals surface area contributed by atoms with E-state index in [9.17, 15) is 0 Å². The third-order valence-electron chi connectivity index (χ3n) is 4.22. The summed E-state index contributed by atoms with van der Waals surface area (Å²) in [4.78, 5) is 2.72. The molecule has 1 aliphatic heterocycles. The van der Waals surface area contributed by atoms with Gasteiger partial charge in [-0.3, -0.25) is 0 Å². The van der Waals surface area contributed by atoms with Crippen molar-refractivity contribution in [2.45, 2.75) is 90.6 Å². The minimum Gasteiger partial charge on any atom is -0.312 e. The lowest BCUT2D eigenvalue weighted by Crippen LogP contribution is -2.36. The molecule has 0 amide bonds. The second kappa shape index (κ2) is 8.97. The fourth-order valence-corrected chi connectivity index (χ4v) is 2.92. The quantitative estimate of drug-likeness (QED) is 0.696. The fraction of sp³-hybridized carbons (Fsp3) is 1.00. The first-order valence-corrected chi connectivity index (χ1v) is 8.48. The summed E-state index contributed by atoms with van der Waals surface area (Å²) in [5.74, 6) is 0. The Hall–Kier alpha value is -0.0800. The van der Waals surface area contributed by atoms with Crippen LogP contribution in [0.5, 0.6) is 0 Å². The van der Waals surface area contributed by atoms with Gasteiger partial charge in [0.2, 0.25) is 0 Å². The molecule has 0 radical (unpaired) electrons. The average molecular weight is 268 g/mol. The summed E-state index contributed by atoms with van der Waals surface area (Å²) in [5.41, 5.74) is 0.279. The number of nitrogens with zero attached hydrogens (tertiary/aromatic N) is 1. The van der Waals surface area contributed by atoms with Gasteiger partial charge in [-0.15, -0.1) is 0 Å². The maximum atomic E-state index is 3.57. The summed E-state index contributed by atoms with van der Waals surface area (Å²) in [6.45, 7) is 13.0. The minimum absolute atomic E-state index is 0.279. The molecule has 1 N–H and O–H groups in total. The summed E-state index contributed by atoms with van der Waals surface area (Å²) in [6, 6.07) is 0.824. The molecule has 0 saturated carbocycles. The zero-order chi connectivity index (χ0) is 14.1. The van der Waals surface area contributed by atoms with E-state index in [1.165, 1.54) is 71.0 Å². The van der Waals surface area contributed by atoms with Crippen LogP contribution in [0.2, 0.25) is 0 Å². The second-order valence-corrected chi connectivity index (χ2v) is 7.33. The normalized spacial score (nSPS) is 22.4. The van der Waals surface area contributed by atoms with Crippen LogP contribution in [0.25, 0.3) is 0 Å². The van der Waals surface area contributed by atoms with Gasteiger partial charge in [0.15, 0.2) is 0 Å². The van der Waals surface area contributed by atoms with E-state index in [2.05, 4.69) is 37.9 Å². The average Bonchev–Trinajstić information content (AvgIpc) is 2.52. The smallest absolute Gasteiger partial charge is 0.00965 e. The monoisotopic (exact) mass is 268 g/mol. The number of hydrogen-bond donors (Lipinski definition) is 1. The van der Waals surface area contributed by atoms with E-state index in [1.54, 1.807) is 0 Å². The highest BCUT2D eigenvalue weighted by molar-refractivity contribution is 4.72. The topological polar surface area (TPSA) is 15.3 Å². The van der Waals surface area contributed by atoms with Gasteiger partial charge in [-0.05, 0) is 73.0 Å². The fourth-order valence-electron chi connectivity index (χ4n) is 2.92. The molecule has 0 aliphatic carbocycles. The van der Waals surface area contributed by atoms with Crippen molar-refractivity contribution >= 4 is 0 Å². The van der Waals surface area contributed by atoms with Gasteiger partial charge in [0.25, 0.3) is 0 Å². The van der Waals surface area contributed by atoms with Crippen LogP contribution in [-0.2, 0) is 0 Å². The summed E-state index contributed by atoms with van der Waals surface area (Å²) in [6.07, 6.45) is 11.2. The summed E-state index contributed by atoms with van der Waals surface area (Å²) in [5, 5.41) is 3.57. The van der Waals surface area contributed by atoms with Crippen molar-refractivity contribution in [1.82, 2.24) is 10.2 Å². The highest BCUT2D eigenvalue weighted by Gasteiger charge is 2.15. The van der Waals surface area contributed by atoms with Crippen LogP contribution in [0.15, 0.2) is 0 Å². The Balaban J connectivity index is 1.98. The molecule has 114 valence electrons. The van der Waals surface area contributed by atoms with Gasteiger partial charge in [-0.25, -0.2) is 0 Å². The number of likely N-dealkylation sites (tertiary alicyclic amines) is 1. The maximum Gasteiger partial charge on any atom is 0.00965 e. The third kappa shape index (κ3) is 8.65. The third-order valence-corrected chi connectivity index (χ3v) is 4.22. The number of unbranched alkanes of at least 4 members (excludes halogenated alkanes) is 3. The molecule has 0 aromatic carbocycles. The van der Waals surface area contributed by atoms with Crippen molar-refractivity contribution in [1.29, 1.82) is 0 Å². The molecule has 0 aromatic rings. The van der Waals surface area contributed by atoms with Crippen LogP contribution >= 0.6 is 0 Å². The first kappa shape index (κ1) is 17.0. The zero-order valence-electron chi connectivity index (χ0n) is 13.8. The van der Waals surface area contributed by atoms with E-state index in [0.717, 1.165) is 6.04 Å². The predicted molar refractivity (Wildman–Crippen MR) is 85.7 cm³/mol. The molecule has 1 rings (SSSR count). The number of rotatable bonds is 7. The molecular weight excluding hydrogens is 232 g/mol. The Morgan fingerprint density at radius 1 is 1.00 bits per heavy atom. The molecule has 1 fully saturated rings. The summed E-state index contributed by atoms with van der Waals surface area (Å²) < 4.78 is 0. The predicted octanol–water partition coefficient (Wildman–Crippen LogP) is 4.20. The number of hydrogen-bond acceptors (Lipinski definition) is 2. The van der Waals surface area contributed by atoms with Gasteiger partial charge < -0.3 is 10.2 Å². The van der Waals surface area contributed by atoms with Crippen LogP contribution in [0, 0.1) is 0 Å². The van der Waals surface area contributed by atoms with Crippen molar-refractivity contribution in [3.8, 4) is 0 Å². The van der Waals surface area contributed by atoms with Crippen LogP contribution in [0.1, 0.15) is 79.1 Å². The molecule has 1 aliphatic rings. The van der Waals surface area contributed by atoms with Gasteiger partial charge in [0, 0.05) is 11.6 Å². The van der Waals surface area contributed by atoms with Gasteiger partial charge in [0.1, 0.15) is 0 Å². The molecule has 19 heavy (non-hydrogen) atoms. The van der Waals surface area contributed by atoms with Crippen molar-refractivity contribution < 1.29 is 0 Å². The van der Waals surface area contributed by atoms with E-state index in [1.807, 2.05) is 0 Å². The lowest BCUT2D eigenvalue weighted by molar-refractivity contribution is 0.209. The van der Waals surface area contributed by atoms with Crippen molar-refractivity contribution in [2.75, 3.05) is 19.6 Å². The van der Waals surface area contributed by atoms with Gasteiger partial charge >= 0.3 is 0 Å².